The first-order chi connectivity index (χ1) is 16.1. The van der Waals surface area contributed by atoms with Gasteiger partial charge >= 0.3 is 5.97 Å². The third-order valence-electron chi connectivity index (χ3n) is 4.94. The minimum absolute atomic E-state index is 0.0634. The average molecular weight is 567 g/mol. The van der Waals surface area contributed by atoms with Gasteiger partial charge in [-0.05, 0) is 37.1 Å². The van der Waals surface area contributed by atoms with Gasteiger partial charge in [0.05, 0.1) is 31.2 Å². The van der Waals surface area contributed by atoms with E-state index in [1.165, 1.54) is 0 Å². The maximum atomic E-state index is 12.7. The predicted molar refractivity (Wildman–Crippen MR) is 131 cm³/mol. The van der Waals surface area contributed by atoms with Crippen LogP contribution in [0.25, 0.3) is 0 Å². The highest BCUT2D eigenvalue weighted by molar-refractivity contribution is 6.55. The standard InChI is InChI=1S/C22H17Cl5N2O5/c23-11-5-7-12(8-6-11)28-13(30)10-34-14(31)4-2-1-3-9-29-21(32)15-16(22(29)33)18(25)20(27)19(26)17(15)24/h5-8H,1-4,9-10H2,(H,28,30). The third kappa shape index (κ3) is 5.96. The molecule has 1 N–H and O–H groups in total. The van der Waals surface area contributed by atoms with Crippen LogP contribution in [-0.2, 0) is 14.3 Å². The van der Waals surface area contributed by atoms with Crippen LogP contribution in [-0.4, -0.2) is 41.7 Å². The van der Waals surface area contributed by atoms with E-state index in [9.17, 15) is 19.2 Å². The van der Waals surface area contributed by atoms with Crippen LogP contribution < -0.4 is 5.32 Å². The molecule has 34 heavy (non-hydrogen) atoms. The highest BCUT2D eigenvalue weighted by atomic mass is 35.5. The molecule has 0 atom stereocenters. The Hall–Kier alpha value is -2.03. The van der Waals surface area contributed by atoms with Crippen molar-refractivity contribution in [1.29, 1.82) is 0 Å². The Morgan fingerprint density at radius 1 is 0.794 bits per heavy atom. The van der Waals surface area contributed by atoms with Crippen molar-refractivity contribution in [3.05, 3.63) is 60.5 Å². The van der Waals surface area contributed by atoms with Crippen molar-refractivity contribution in [3.8, 4) is 0 Å². The first-order valence-electron chi connectivity index (χ1n) is 10.0. The molecule has 3 rings (SSSR count). The number of amides is 3. The Kier molecular flexibility index (Phi) is 9.07. The molecule has 0 saturated carbocycles. The largest absolute Gasteiger partial charge is 0.456 e. The number of halogens is 5. The van der Waals surface area contributed by atoms with Crippen molar-refractivity contribution in [2.45, 2.75) is 25.7 Å². The molecule has 3 amide bonds. The van der Waals surface area contributed by atoms with Gasteiger partial charge in [0, 0.05) is 23.7 Å². The highest BCUT2D eigenvalue weighted by Gasteiger charge is 2.41. The summed E-state index contributed by atoms with van der Waals surface area (Å²) in [6.45, 7) is -0.310. The van der Waals surface area contributed by atoms with Gasteiger partial charge < -0.3 is 10.1 Å². The molecule has 1 aliphatic heterocycles. The number of hydrogen-bond acceptors (Lipinski definition) is 5. The summed E-state index contributed by atoms with van der Waals surface area (Å²) in [7, 11) is 0. The van der Waals surface area contributed by atoms with Gasteiger partial charge in [-0.3, -0.25) is 24.1 Å². The van der Waals surface area contributed by atoms with E-state index in [1.54, 1.807) is 24.3 Å². The van der Waals surface area contributed by atoms with Crippen LogP contribution in [0.4, 0.5) is 5.69 Å². The fourth-order valence-corrected chi connectivity index (χ4v) is 4.40. The molecular weight excluding hydrogens is 550 g/mol. The van der Waals surface area contributed by atoms with E-state index in [-0.39, 0.29) is 44.2 Å². The molecule has 1 aliphatic rings. The SMILES string of the molecule is O=C(COC(=O)CCCCCN1C(=O)c2c(Cl)c(Cl)c(Cl)c(Cl)c2C1=O)Nc1ccc(Cl)cc1. The normalized spacial score (nSPS) is 12.7. The van der Waals surface area contributed by atoms with Gasteiger partial charge in [0.2, 0.25) is 0 Å². The number of rotatable bonds is 9. The number of imide groups is 1. The molecule has 2 aromatic carbocycles. The van der Waals surface area contributed by atoms with Crippen LogP contribution in [0.1, 0.15) is 46.4 Å². The molecule has 0 aromatic heterocycles. The lowest BCUT2D eigenvalue weighted by Crippen LogP contribution is -2.30. The summed E-state index contributed by atoms with van der Waals surface area (Å²) < 4.78 is 4.95. The van der Waals surface area contributed by atoms with Crippen LogP contribution >= 0.6 is 58.0 Å². The fourth-order valence-electron chi connectivity index (χ4n) is 3.26. The van der Waals surface area contributed by atoms with Crippen LogP contribution in [0.3, 0.4) is 0 Å². The van der Waals surface area contributed by atoms with Gasteiger partial charge in [-0.1, -0.05) is 64.4 Å². The van der Waals surface area contributed by atoms with Gasteiger partial charge in [-0.25, -0.2) is 0 Å². The van der Waals surface area contributed by atoms with Gasteiger partial charge in [0.1, 0.15) is 0 Å². The molecule has 0 bridgehead atoms. The second-order valence-corrected chi connectivity index (χ2v) is 9.24. The summed E-state index contributed by atoms with van der Waals surface area (Å²) in [6, 6.07) is 6.50. The lowest BCUT2D eigenvalue weighted by molar-refractivity contribution is -0.147. The number of benzene rings is 2. The monoisotopic (exact) mass is 564 g/mol. The number of esters is 1. The van der Waals surface area contributed by atoms with E-state index in [1.807, 2.05) is 0 Å². The van der Waals surface area contributed by atoms with Crippen LogP contribution in [0.5, 0.6) is 0 Å². The Bertz CT molecular complexity index is 1110. The molecule has 1 heterocycles. The molecule has 0 unspecified atom stereocenters. The number of carbonyl (C=O) groups is 4. The number of carbonyl (C=O) groups excluding carboxylic acids is 4. The Balaban J connectivity index is 1.40. The van der Waals surface area contributed by atoms with Gasteiger partial charge in [-0.15, -0.1) is 0 Å². The number of hydrogen-bond donors (Lipinski definition) is 1. The van der Waals surface area contributed by atoms with Crippen molar-refractivity contribution in [2.75, 3.05) is 18.5 Å². The number of nitrogens with zero attached hydrogens (tertiary/aromatic N) is 1. The zero-order valence-corrected chi connectivity index (χ0v) is 21.2. The molecule has 2 aromatic rings. The summed E-state index contributed by atoms with van der Waals surface area (Å²) in [5.74, 6) is -2.21. The summed E-state index contributed by atoms with van der Waals surface area (Å²) >= 11 is 30.0. The topological polar surface area (TPSA) is 92.8 Å². The van der Waals surface area contributed by atoms with Crippen molar-refractivity contribution in [2.24, 2.45) is 0 Å². The molecule has 180 valence electrons. The van der Waals surface area contributed by atoms with E-state index in [4.69, 9.17) is 62.7 Å². The first-order valence-corrected chi connectivity index (χ1v) is 11.9. The van der Waals surface area contributed by atoms with E-state index < -0.39 is 30.3 Å². The molecule has 0 spiro atoms. The van der Waals surface area contributed by atoms with Crippen molar-refractivity contribution >= 4 is 87.4 Å². The minimum atomic E-state index is -0.600. The summed E-state index contributed by atoms with van der Waals surface area (Å²) in [4.78, 5) is 50.0. The number of anilines is 1. The van der Waals surface area contributed by atoms with Gasteiger partial charge in [-0.2, -0.15) is 0 Å². The second-order valence-electron chi connectivity index (χ2n) is 7.29. The second kappa shape index (κ2) is 11.6. The van der Waals surface area contributed by atoms with Crippen molar-refractivity contribution in [3.63, 3.8) is 0 Å². The van der Waals surface area contributed by atoms with Crippen LogP contribution in [0.15, 0.2) is 24.3 Å². The Morgan fingerprint density at radius 3 is 1.91 bits per heavy atom. The third-order valence-corrected chi connectivity index (χ3v) is 6.99. The predicted octanol–water partition coefficient (Wildman–Crippen LogP) is 6.29. The maximum Gasteiger partial charge on any atom is 0.306 e. The summed E-state index contributed by atoms with van der Waals surface area (Å²) in [5, 5.41) is 2.71. The number of unbranched alkanes of at least 4 members (excludes halogenated alkanes) is 2. The van der Waals surface area contributed by atoms with E-state index in [0.717, 1.165) is 4.90 Å². The van der Waals surface area contributed by atoms with Gasteiger partial charge in [0.25, 0.3) is 17.7 Å². The minimum Gasteiger partial charge on any atom is -0.456 e. The maximum absolute atomic E-state index is 12.7. The molecular formula is C22H17Cl5N2O5. The molecule has 0 saturated heterocycles. The van der Waals surface area contributed by atoms with Crippen LogP contribution in [0, 0.1) is 0 Å². The smallest absolute Gasteiger partial charge is 0.306 e. The lowest BCUT2D eigenvalue weighted by Gasteiger charge is -2.13. The van der Waals surface area contributed by atoms with Crippen molar-refractivity contribution in [1.82, 2.24) is 4.90 Å². The number of nitrogens with one attached hydrogen (secondary N) is 1. The summed E-state index contributed by atoms with van der Waals surface area (Å²) in [6.07, 6.45) is 1.49. The first kappa shape index (κ1) is 26.6. The molecule has 12 heteroatoms. The van der Waals surface area contributed by atoms with Crippen molar-refractivity contribution < 1.29 is 23.9 Å². The van der Waals surface area contributed by atoms with Gasteiger partial charge in [0.15, 0.2) is 6.61 Å². The molecule has 0 fully saturated rings. The van der Waals surface area contributed by atoms with E-state index in [0.29, 0.717) is 30.0 Å². The number of ether oxygens (including phenoxy) is 1. The van der Waals surface area contributed by atoms with Crippen LogP contribution in [0.2, 0.25) is 25.1 Å². The zero-order valence-electron chi connectivity index (χ0n) is 17.4. The zero-order chi connectivity index (χ0) is 25.0. The van der Waals surface area contributed by atoms with E-state index >= 15 is 0 Å². The average Bonchev–Trinajstić information content (AvgIpc) is 3.06. The summed E-state index contributed by atoms with van der Waals surface area (Å²) in [5.41, 5.74) is 0.406. The Labute approximate surface area is 220 Å². The fraction of sp³-hybridized carbons (Fsp3) is 0.273. The molecule has 7 nitrogen and oxygen atoms in total. The quantitative estimate of drug-likeness (QED) is 0.127. The molecule has 0 radical (unpaired) electrons. The molecule has 0 aliphatic carbocycles. The number of fused-ring (bicyclic) bond motifs is 1. The lowest BCUT2D eigenvalue weighted by atomic mass is 10.1. The highest BCUT2D eigenvalue weighted by Crippen LogP contribution is 2.44. The Morgan fingerprint density at radius 2 is 1.35 bits per heavy atom. The van der Waals surface area contributed by atoms with E-state index in [2.05, 4.69) is 5.32 Å².